The summed E-state index contributed by atoms with van der Waals surface area (Å²) >= 11 is 0. The molecule has 0 aliphatic heterocycles. The van der Waals surface area contributed by atoms with Crippen LogP contribution < -0.4 is 4.18 Å². The summed E-state index contributed by atoms with van der Waals surface area (Å²) in [6.07, 6.45) is 1.41. The SMILES string of the molecule is O=S(=O)(O)Oc1ccc(-c2ncnc(-c3ccccc3)n2)cc1. The molecule has 23 heavy (non-hydrogen) atoms. The highest BCUT2D eigenvalue weighted by Gasteiger charge is 2.09. The van der Waals surface area contributed by atoms with E-state index >= 15 is 0 Å². The molecule has 3 rings (SSSR count). The summed E-state index contributed by atoms with van der Waals surface area (Å²) in [6, 6.07) is 15.4. The highest BCUT2D eigenvalue weighted by Crippen LogP contribution is 2.22. The number of hydrogen-bond acceptors (Lipinski definition) is 6. The predicted octanol–water partition coefficient (Wildman–Crippen LogP) is 2.39. The zero-order valence-corrected chi connectivity index (χ0v) is 12.5. The van der Waals surface area contributed by atoms with Crippen LogP contribution in [0.2, 0.25) is 0 Å². The van der Waals surface area contributed by atoms with Crippen LogP contribution >= 0.6 is 0 Å². The molecule has 0 unspecified atom stereocenters. The molecule has 0 bridgehead atoms. The standard InChI is InChI=1S/C15H11N3O4S/c19-23(20,21)22-13-8-6-12(7-9-13)15-17-10-16-14(18-15)11-4-2-1-3-5-11/h1-10H,(H,19,20,21). The maximum Gasteiger partial charge on any atom is 0.446 e. The number of aromatic nitrogens is 3. The minimum absolute atomic E-state index is 0.00594. The number of benzene rings is 2. The normalized spacial score (nSPS) is 11.2. The summed E-state index contributed by atoms with van der Waals surface area (Å²) in [5.74, 6) is 0.972. The van der Waals surface area contributed by atoms with Crippen molar-refractivity contribution in [1.82, 2.24) is 15.0 Å². The average molecular weight is 329 g/mol. The Morgan fingerprint density at radius 2 is 1.39 bits per heavy atom. The van der Waals surface area contributed by atoms with E-state index in [0.29, 0.717) is 17.2 Å². The first-order valence-electron chi connectivity index (χ1n) is 6.53. The predicted molar refractivity (Wildman–Crippen MR) is 82.9 cm³/mol. The lowest BCUT2D eigenvalue weighted by Crippen LogP contribution is -2.06. The molecule has 0 aliphatic rings. The van der Waals surface area contributed by atoms with Crippen LogP contribution in [0.4, 0.5) is 0 Å². The van der Waals surface area contributed by atoms with E-state index in [1.807, 2.05) is 30.3 Å². The summed E-state index contributed by atoms with van der Waals surface area (Å²) in [6.45, 7) is 0. The molecule has 0 saturated heterocycles. The van der Waals surface area contributed by atoms with Gasteiger partial charge >= 0.3 is 10.4 Å². The van der Waals surface area contributed by atoms with Crippen LogP contribution in [-0.2, 0) is 10.4 Å². The van der Waals surface area contributed by atoms with Gasteiger partial charge in [0, 0.05) is 11.1 Å². The van der Waals surface area contributed by atoms with Gasteiger partial charge in [0.2, 0.25) is 0 Å². The molecule has 1 heterocycles. The highest BCUT2D eigenvalue weighted by atomic mass is 32.3. The van der Waals surface area contributed by atoms with Crippen LogP contribution in [0.25, 0.3) is 22.8 Å². The van der Waals surface area contributed by atoms with Crippen molar-refractivity contribution in [3.05, 3.63) is 60.9 Å². The van der Waals surface area contributed by atoms with E-state index in [-0.39, 0.29) is 5.75 Å². The minimum Gasteiger partial charge on any atom is -0.362 e. The minimum atomic E-state index is -4.54. The van der Waals surface area contributed by atoms with Crippen molar-refractivity contribution in [3.63, 3.8) is 0 Å². The average Bonchev–Trinajstić information content (AvgIpc) is 2.55. The van der Waals surface area contributed by atoms with Crippen LogP contribution in [0.15, 0.2) is 60.9 Å². The monoisotopic (exact) mass is 329 g/mol. The molecule has 3 aromatic rings. The van der Waals surface area contributed by atoms with E-state index in [9.17, 15) is 8.42 Å². The second kappa shape index (κ2) is 6.11. The lowest BCUT2D eigenvalue weighted by atomic mass is 10.2. The first kappa shape index (κ1) is 15.1. The third-order valence-electron chi connectivity index (χ3n) is 2.92. The van der Waals surface area contributed by atoms with Gasteiger partial charge in [-0.25, -0.2) is 15.0 Å². The molecule has 0 atom stereocenters. The molecule has 0 amide bonds. The Labute approximate surface area is 132 Å². The second-order valence-electron chi connectivity index (χ2n) is 4.53. The summed E-state index contributed by atoms with van der Waals surface area (Å²) in [5.41, 5.74) is 1.52. The number of rotatable bonds is 4. The van der Waals surface area contributed by atoms with Gasteiger partial charge in [0.1, 0.15) is 12.1 Å². The third-order valence-corrected chi connectivity index (χ3v) is 3.32. The Hall–Kier alpha value is -2.84. The molecule has 1 N–H and O–H groups in total. The van der Waals surface area contributed by atoms with Crippen molar-refractivity contribution in [2.45, 2.75) is 0 Å². The van der Waals surface area contributed by atoms with Crippen LogP contribution in [0.5, 0.6) is 5.75 Å². The van der Waals surface area contributed by atoms with Crippen molar-refractivity contribution in [2.75, 3.05) is 0 Å². The summed E-state index contributed by atoms with van der Waals surface area (Å²) in [4.78, 5) is 12.6. The van der Waals surface area contributed by atoms with E-state index in [0.717, 1.165) is 5.56 Å². The smallest absolute Gasteiger partial charge is 0.362 e. The number of hydrogen-bond donors (Lipinski definition) is 1. The third kappa shape index (κ3) is 3.87. The lowest BCUT2D eigenvalue weighted by Gasteiger charge is -2.05. The first-order chi connectivity index (χ1) is 11.0. The molecule has 116 valence electrons. The van der Waals surface area contributed by atoms with Crippen LogP contribution in [0, 0.1) is 0 Å². The van der Waals surface area contributed by atoms with E-state index in [4.69, 9.17) is 4.55 Å². The van der Waals surface area contributed by atoms with Gasteiger partial charge in [0.25, 0.3) is 0 Å². The van der Waals surface area contributed by atoms with Crippen LogP contribution in [0.3, 0.4) is 0 Å². The number of nitrogens with zero attached hydrogens (tertiary/aromatic N) is 3. The lowest BCUT2D eigenvalue weighted by molar-refractivity contribution is 0.387. The van der Waals surface area contributed by atoms with Gasteiger partial charge in [-0.15, -0.1) is 0 Å². The molecule has 0 radical (unpaired) electrons. The fourth-order valence-corrected chi connectivity index (χ4v) is 2.30. The largest absolute Gasteiger partial charge is 0.446 e. The fraction of sp³-hybridized carbons (Fsp3) is 0. The zero-order chi connectivity index (χ0) is 16.3. The molecule has 0 spiro atoms. The molecular formula is C15H11N3O4S. The van der Waals surface area contributed by atoms with Gasteiger partial charge in [0.05, 0.1) is 0 Å². The highest BCUT2D eigenvalue weighted by molar-refractivity contribution is 7.81. The Kier molecular flexibility index (Phi) is 4.00. The van der Waals surface area contributed by atoms with Crippen molar-refractivity contribution in [2.24, 2.45) is 0 Å². The van der Waals surface area contributed by atoms with Gasteiger partial charge in [-0.3, -0.25) is 4.55 Å². The maximum atomic E-state index is 10.7. The molecule has 0 fully saturated rings. The van der Waals surface area contributed by atoms with E-state index in [1.165, 1.54) is 18.5 Å². The van der Waals surface area contributed by atoms with Gasteiger partial charge in [-0.1, -0.05) is 30.3 Å². The van der Waals surface area contributed by atoms with Crippen molar-refractivity contribution in [3.8, 4) is 28.5 Å². The fourth-order valence-electron chi connectivity index (χ4n) is 1.94. The van der Waals surface area contributed by atoms with Crippen LogP contribution in [0.1, 0.15) is 0 Å². The second-order valence-corrected chi connectivity index (χ2v) is 5.56. The Morgan fingerprint density at radius 1 is 0.826 bits per heavy atom. The Bertz CT molecular complexity index is 913. The zero-order valence-electron chi connectivity index (χ0n) is 11.7. The van der Waals surface area contributed by atoms with Gasteiger partial charge in [-0.05, 0) is 24.3 Å². The maximum absolute atomic E-state index is 10.7. The van der Waals surface area contributed by atoms with Crippen molar-refractivity contribution in [1.29, 1.82) is 0 Å². The molecule has 0 saturated carbocycles. The topological polar surface area (TPSA) is 102 Å². The summed E-state index contributed by atoms with van der Waals surface area (Å²) < 4.78 is 34.3. The molecule has 7 nitrogen and oxygen atoms in total. The Balaban J connectivity index is 1.90. The van der Waals surface area contributed by atoms with Gasteiger partial charge in [0.15, 0.2) is 11.6 Å². The molecule has 0 aliphatic carbocycles. The van der Waals surface area contributed by atoms with Gasteiger partial charge in [-0.2, -0.15) is 8.42 Å². The molecule has 1 aromatic heterocycles. The van der Waals surface area contributed by atoms with Gasteiger partial charge < -0.3 is 4.18 Å². The van der Waals surface area contributed by atoms with Crippen molar-refractivity contribution >= 4 is 10.4 Å². The molecule has 2 aromatic carbocycles. The van der Waals surface area contributed by atoms with Crippen LogP contribution in [-0.4, -0.2) is 27.9 Å². The Morgan fingerprint density at radius 3 is 1.96 bits per heavy atom. The van der Waals surface area contributed by atoms with E-state index < -0.39 is 10.4 Å². The first-order valence-corrected chi connectivity index (χ1v) is 7.89. The molecular weight excluding hydrogens is 318 g/mol. The molecule has 8 heteroatoms. The summed E-state index contributed by atoms with van der Waals surface area (Å²) in [7, 11) is -4.54. The van der Waals surface area contributed by atoms with E-state index in [1.54, 1.807) is 12.1 Å². The quantitative estimate of drug-likeness (QED) is 0.733. The summed E-state index contributed by atoms with van der Waals surface area (Å²) in [5, 5.41) is 0. The van der Waals surface area contributed by atoms with Crippen molar-refractivity contribution < 1.29 is 17.2 Å². The van der Waals surface area contributed by atoms with E-state index in [2.05, 4.69) is 19.1 Å².